The standard InChI is InChI=1S/C12H14BrFN2O/c1-7-5-9(14)8(13)6-11(7)16-4-2-3-10(15)12(16)17/h5-6,10H,2-4,15H2,1H3. The lowest BCUT2D eigenvalue weighted by Gasteiger charge is -2.31. The van der Waals surface area contributed by atoms with Gasteiger partial charge in [-0.1, -0.05) is 0 Å². The molecule has 1 aromatic rings. The summed E-state index contributed by atoms with van der Waals surface area (Å²) >= 11 is 3.14. The monoisotopic (exact) mass is 300 g/mol. The Bertz CT molecular complexity index is 464. The van der Waals surface area contributed by atoms with Crippen molar-refractivity contribution in [1.82, 2.24) is 0 Å². The van der Waals surface area contributed by atoms with Crippen LogP contribution >= 0.6 is 15.9 Å². The fourth-order valence-corrected chi connectivity index (χ4v) is 2.40. The fraction of sp³-hybridized carbons (Fsp3) is 0.417. The van der Waals surface area contributed by atoms with Crippen LogP contribution in [0.25, 0.3) is 0 Å². The second-order valence-electron chi connectivity index (χ2n) is 4.29. The summed E-state index contributed by atoms with van der Waals surface area (Å²) in [5.41, 5.74) is 7.23. The van der Waals surface area contributed by atoms with Gasteiger partial charge in [0.1, 0.15) is 5.82 Å². The van der Waals surface area contributed by atoms with Crippen molar-refractivity contribution in [2.75, 3.05) is 11.4 Å². The van der Waals surface area contributed by atoms with Gasteiger partial charge in [0.2, 0.25) is 5.91 Å². The normalized spacial score (nSPS) is 20.8. The fourth-order valence-electron chi connectivity index (χ4n) is 2.07. The molecule has 1 amide bonds. The molecule has 17 heavy (non-hydrogen) atoms. The highest BCUT2D eigenvalue weighted by atomic mass is 79.9. The molecule has 0 aromatic heterocycles. The molecule has 3 nitrogen and oxygen atoms in total. The van der Waals surface area contributed by atoms with Crippen LogP contribution in [0, 0.1) is 12.7 Å². The molecule has 5 heteroatoms. The Labute approximate surface area is 108 Å². The summed E-state index contributed by atoms with van der Waals surface area (Å²) in [5.74, 6) is -0.405. The molecule has 1 atom stereocenters. The van der Waals surface area contributed by atoms with Gasteiger partial charge in [0.15, 0.2) is 0 Å². The number of carbonyl (C=O) groups excluding carboxylic acids is 1. The summed E-state index contributed by atoms with van der Waals surface area (Å²) in [5, 5.41) is 0. The minimum atomic E-state index is -0.438. The van der Waals surface area contributed by atoms with Gasteiger partial charge in [-0.15, -0.1) is 0 Å². The Hall–Kier alpha value is -0.940. The first kappa shape index (κ1) is 12.5. The van der Waals surface area contributed by atoms with Gasteiger partial charge < -0.3 is 10.6 Å². The number of piperidine rings is 1. The van der Waals surface area contributed by atoms with Gasteiger partial charge in [-0.05, 0) is 53.4 Å². The molecule has 1 heterocycles. The van der Waals surface area contributed by atoms with Crippen LogP contribution in [0.15, 0.2) is 16.6 Å². The molecule has 1 aliphatic rings. The number of nitrogens with two attached hydrogens (primary N) is 1. The van der Waals surface area contributed by atoms with Crippen molar-refractivity contribution < 1.29 is 9.18 Å². The van der Waals surface area contributed by atoms with Gasteiger partial charge in [0.25, 0.3) is 0 Å². The first-order valence-electron chi connectivity index (χ1n) is 5.53. The molecule has 1 saturated heterocycles. The average Bonchev–Trinajstić information content (AvgIpc) is 2.28. The van der Waals surface area contributed by atoms with Crippen molar-refractivity contribution in [2.45, 2.75) is 25.8 Å². The minimum Gasteiger partial charge on any atom is -0.320 e. The number of halogens is 2. The summed E-state index contributed by atoms with van der Waals surface area (Å²) in [4.78, 5) is 13.6. The van der Waals surface area contributed by atoms with Gasteiger partial charge in [0, 0.05) is 12.2 Å². The first-order chi connectivity index (χ1) is 8.00. The second kappa shape index (κ2) is 4.74. The molecule has 92 valence electrons. The van der Waals surface area contributed by atoms with Crippen LogP contribution < -0.4 is 10.6 Å². The summed E-state index contributed by atoms with van der Waals surface area (Å²) in [7, 11) is 0. The van der Waals surface area contributed by atoms with Crippen molar-refractivity contribution in [3.05, 3.63) is 28.0 Å². The topological polar surface area (TPSA) is 46.3 Å². The van der Waals surface area contributed by atoms with Crippen LogP contribution in [0.1, 0.15) is 18.4 Å². The van der Waals surface area contributed by atoms with Crippen LogP contribution in [0.4, 0.5) is 10.1 Å². The predicted octanol–water partition coefficient (Wildman–Crippen LogP) is 2.35. The van der Waals surface area contributed by atoms with E-state index in [1.807, 2.05) is 0 Å². The summed E-state index contributed by atoms with van der Waals surface area (Å²) < 4.78 is 13.7. The number of amides is 1. The van der Waals surface area contributed by atoms with E-state index in [1.165, 1.54) is 6.07 Å². The van der Waals surface area contributed by atoms with Gasteiger partial charge in [-0.2, -0.15) is 0 Å². The molecule has 1 aliphatic heterocycles. The molecule has 2 N–H and O–H groups in total. The van der Waals surface area contributed by atoms with Crippen molar-refractivity contribution in [2.24, 2.45) is 5.73 Å². The maximum atomic E-state index is 13.3. The zero-order valence-electron chi connectivity index (χ0n) is 9.54. The molecular weight excluding hydrogens is 287 g/mol. The highest BCUT2D eigenvalue weighted by Crippen LogP contribution is 2.29. The highest BCUT2D eigenvalue weighted by molar-refractivity contribution is 9.10. The minimum absolute atomic E-state index is 0.0853. The van der Waals surface area contributed by atoms with Crippen molar-refractivity contribution in [3.63, 3.8) is 0 Å². The number of hydrogen-bond donors (Lipinski definition) is 1. The number of benzene rings is 1. The number of hydrogen-bond acceptors (Lipinski definition) is 2. The molecule has 1 aromatic carbocycles. The zero-order chi connectivity index (χ0) is 12.6. The number of rotatable bonds is 1. The Morgan fingerprint density at radius 3 is 2.94 bits per heavy atom. The van der Waals surface area contributed by atoms with Crippen LogP contribution in [0.3, 0.4) is 0 Å². The van der Waals surface area contributed by atoms with E-state index in [9.17, 15) is 9.18 Å². The van der Waals surface area contributed by atoms with Gasteiger partial charge in [-0.25, -0.2) is 4.39 Å². The molecule has 1 unspecified atom stereocenters. The maximum Gasteiger partial charge on any atom is 0.243 e. The Kier molecular flexibility index (Phi) is 3.49. The molecule has 0 aliphatic carbocycles. The van der Waals surface area contributed by atoms with Crippen molar-refractivity contribution in [3.8, 4) is 0 Å². The Morgan fingerprint density at radius 2 is 2.24 bits per heavy atom. The van der Waals surface area contributed by atoms with Crippen molar-refractivity contribution in [1.29, 1.82) is 0 Å². The highest BCUT2D eigenvalue weighted by Gasteiger charge is 2.27. The Balaban J connectivity index is 2.39. The van der Waals surface area contributed by atoms with Gasteiger partial charge in [-0.3, -0.25) is 4.79 Å². The predicted molar refractivity (Wildman–Crippen MR) is 68.4 cm³/mol. The van der Waals surface area contributed by atoms with Gasteiger partial charge in [0.05, 0.1) is 10.5 Å². The van der Waals surface area contributed by atoms with Crippen LogP contribution in [-0.2, 0) is 4.79 Å². The number of carbonyl (C=O) groups is 1. The molecular formula is C12H14BrFN2O. The molecule has 0 spiro atoms. The number of aryl methyl sites for hydroxylation is 1. The molecule has 0 saturated carbocycles. The van der Waals surface area contributed by atoms with E-state index in [-0.39, 0.29) is 11.7 Å². The van der Waals surface area contributed by atoms with E-state index in [0.29, 0.717) is 11.0 Å². The quantitative estimate of drug-likeness (QED) is 0.865. The Morgan fingerprint density at radius 1 is 1.53 bits per heavy atom. The summed E-state index contributed by atoms with van der Waals surface area (Å²) in [6.45, 7) is 2.43. The van der Waals surface area contributed by atoms with E-state index < -0.39 is 6.04 Å². The number of nitrogens with zero attached hydrogens (tertiary/aromatic N) is 1. The van der Waals surface area contributed by atoms with E-state index in [2.05, 4.69) is 15.9 Å². The maximum absolute atomic E-state index is 13.3. The third kappa shape index (κ3) is 2.35. The lowest BCUT2D eigenvalue weighted by Crippen LogP contribution is -2.48. The van der Waals surface area contributed by atoms with Gasteiger partial charge >= 0.3 is 0 Å². The molecule has 2 rings (SSSR count). The molecule has 1 fully saturated rings. The van der Waals surface area contributed by atoms with Crippen LogP contribution in [0.5, 0.6) is 0 Å². The number of anilines is 1. The summed E-state index contributed by atoms with van der Waals surface area (Å²) in [6.07, 6.45) is 1.60. The smallest absolute Gasteiger partial charge is 0.243 e. The van der Waals surface area contributed by atoms with Crippen molar-refractivity contribution >= 4 is 27.5 Å². The molecule has 0 bridgehead atoms. The summed E-state index contributed by atoms with van der Waals surface area (Å²) in [6, 6.07) is 2.62. The van der Waals surface area contributed by atoms with Crippen LogP contribution in [0.2, 0.25) is 0 Å². The van der Waals surface area contributed by atoms with E-state index in [0.717, 1.165) is 24.1 Å². The first-order valence-corrected chi connectivity index (χ1v) is 6.32. The zero-order valence-corrected chi connectivity index (χ0v) is 11.1. The van der Waals surface area contributed by atoms with E-state index >= 15 is 0 Å². The largest absolute Gasteiger partial charge is 0.320 e. The lowest BCUT2D eigenvalue weighted by molar-refractivity contribution is -0.120. The van der Waals surface area contributed by atoms with E-state index in [1.54, 1.807) is 17.9 Å². The SMILES string of the molecule is Cc1cc(F)c(Br)cc1N1CCCC(N)C1=O. The average molecular weight is 301 g/mol. The van der Waals surface area contributed by atoms with E-state index in [4.69, 9.17) is 5.73 Å². The van der Waals surface area contributed by atoms with Crippen LogP contribution in [-0.4, -0.2) is 18.5 Å². The third-order valence-corrected chi connectivity index (χ3v) is 3.62. The molecule has 0 radical (unpaired) electrons. The third-order valence-electron chi connectivity index (χ3n) is 3.01. The second-order valence-corrected chi connectivity index (χ2v) is 5.15. The lowest BCUT2D eigenvalue weighted by atomic mass is 10.0.